The zero-order valence-electron chi connectivity index (χ0n) is 14.7. The molecule has 1 heterocycles. The second-order valence-corrected chi connectivity index (χ2v) is 7.63. The monoisotopic (exact) mass is 368 g/mol. The standard InChI is InChI=1S/C20H20N2O3S/c1-13-6-5-7-15(12-13)21-18(23)14(2)26-11-10-22-19(24)16-8-3-4-9-17(16)20(22)25/h3-9,12,14H,10-11H2,1-2H3,(H,21,23). The molecule has 1 aliphatic heterocycles. The smallest absolute Gasteiger partial charge is 0.261 e. The van der Waals surface area contributed by atoms with Crippen molar-refractivity contribution in [2.45, 2.75) is 19.1 Å². The molecule has 1 aliphatic rings. The summed E-state index contributed by atoms with van der Waals surface area (Å²) in [6.07, 6.45) is 0. The maximum Gasteiger partial charge on any atom is 0.261 e. The number of aryl methyl sites for hydroxylation is 1. The molecule has 3 amide bonds. The van der Waals surface area contributed by atoms with E-state index in [1.165, 1.54) is 16.7 Å². The van der Waals surface area contributed by atoms with Gasteiger partial charge in [0, 0.05) is 18.0 Å². The van der Waals surface area contributed by atoms with Gasteiger partial charge < -0.3 is 5.32 Å². The number of rotatable bonds is 6. The van der Waals surface area contributed by atoms with Gasteiger partial charge >= 0.3 is 0 Å². The van der Waals surface area contributed by atoms with Crippen LogP contribution in [0.25, 0.3) is 0 Å². The van der Waals surface area contributed by atoms with E-state index < -0.39 is 0 Å². The van der Waals surface area contributed by atoms with Gasteiger partial charge in [-0.25, -0.2) is 0 Å². The van der Waals surface area contributed by atoms with E-state index in [-0.39, 0.29) is 23.0 Å². The van der Waals surface area contributed by atoms with Crippen LogP contribution in [0, 0.1) is 6.92 Å². The summed E-state index contributed by atoms with van der Waals surface area (Å²) in [6, 6.07) is 14.5. The average molecular weight is 368 g/mol. The first-order chi connectivity index (χ1) is 12.5. The highest BCUT2D eigenvalue weighted by molar-refractivity contribution is 8.00. The van der Waals surface area contributed by atoms with Crippen LogP contribution in [0.1, 0.15) is 33.2 Å². The van der Waals surface area contributed by atoms with E-state index in [2.05, 4.69) is 5.32 Å². The van der Waals surface area contributed by atoms with E-state index in [9.17, 15) is 14.4 Å². The van der Waals surface area contributed by atoms with Gasteiger partial charge in [0.2, 0.25) is 5.91 Å². The summed E-state index contributed by atoms with van der Waals surface area (Å²) in [5.74, 6) is -0.109. The third kappa shape index (κ3) is 3.80. The molecule has 0 aromatic heterocycles. The molecule has 0 aliphatic carbocycles. The van der Waals surface area contributed by atoms with Gasteiger partial charge in [0.15, 0.2) is 0 Å². The summed E-state index contributed by atoms with van der Waals surface area (Å²) in [5, 5.41) is 2.60. The fourth-order valence-electron chi connectivity index (χ4n) is 2.81. The first kappa shape index (κ1) is 18.2. The first-order valence-corrected chi connectivity index (χ1v) is 9.46. The van der Waals surface area contributed by atoms with Gasteiger partial charge in [0.25, 0.3) is 11.8 Å². The van der Waals surface area contributed by atoms with Crippen LogP contribution >= 0.6 is 11.8 Å². The number of carbonyl (C=O) groups excluding carboxylic acids is 3. The molecule has 0 radical (unpaired) electrons. The van der Waals surface area contributed by atoms with Crippen LogP contribution in [-0.4, -0.2) is 40.2 Å². The molecular formula is C20H20N2O3S. The number of anilines is 1. The molecule has 0 bridgehead atoms. The Labute approximate surface area is 156 Å². The van der Waals surface area contributed by atoms with Crippen molar-refractivity contribution in [1.29, 1.82) is 0 Å². The Bertz CT molecular complexity index is 831. The molecule has 3 rings (SSSR count). The van der Waals surface area contributed by atoms with Crippen molar-refractivity contribution >= 4 is 35.2 Å². The third-order valence-corrected chi connectivity index (χ3v) is 5.35. The molecule has 2 aromatic carbocycles. The third-order valence-electron chi connectivity index (χ3n) is 4.22. The highest BCUT2D eigenvalue weighted by Crippen LogP contribution is 2.23. The van der Waals surface area contributed by atoms with Gasteiger partial charge in [-0.1, -0.05) is 24.3 Å². The van der Waals surface area contributed by atoms with Crippen LogP contribution in [0.5, 0.6) is 0 Å². The number of carbonyl (C=O) groups is 3. The largest absolute Gasteiger partial charge is 0.325 e. The quantitative estimate of drug-likeness (QED) is 0.794. The summed E-state index contributed by atoms with van der Waals surface area (Å²) in [6.45, 7) is 4.08. The number of benzene rings is 2. The SMILES string of the molecule is Cc1cccc(NC(=O)C(C)SCCN2C(=O)c3ccccc3C2=O)c1. The van der Waals surface area contributed by atoms with Crippen LogP contribution in [-0.2, 0) is 4.79 Å². The number of nitrogens with zero attached hydrogens (tertiary/aromatic N) is 1. The van der Waals surface area contributed by atoms with Crippen molar-refractivity contribution in [2.75, 3.05) is 17.6 Å². The minimum Gasteiger partial charge on any atom is -0.325 e. The van der Waals surface area contributed by atoms with Gasteiger partial charge in [-0.2, -0.15) is 0 Å². The minimum absolute atomic E-state index is 0.0945. The lowest BCUT2D eigenvalue weighted by atomic mass is 10.1. The van der Waals surface area contributed by atoms with E-state index >= 15 is 0 Å². The average Bonchev–Trinajstić information content (AvgIpc) is 2.87. The van der Waals surface area contributed by atoms with E-state index in [0.717, 1.165) is 11.3 Å². The van der Waals surface area contributed by atoms with Crippen molar-refractivity contribution in [1.82, 2.24) is 4.90 Å². The molecule has 26 heavy (non-hydrogen) atoms. The number of thioether (sulfide) groups is 1. The Balaban J connectivity index is 1.51. The molecule has 1 N–H and O–H groups in total. The fraction of sp³-hybridized carbons (Fsp3) is 0.250. The number of imide groups is 1. The normalized spacial score (nSPS) is 14.3. The van der Waals surface area contributed by atoms with Gasteiger partial charge in [0.05, 0.1) is 16.4 Å². The second-order valence-electron chi connectivity index (χ2n) is 6.18. The summed E-state index contributed by atoms with van der Waals surface area (Å²) in [7, 11) is 0. The molecule has 134 valence electrons. The summed E-state index contributed by atoms with van der Waals surface area (Å²) in [5.41, 5.74) is 2.75. The van der Waals surface area contributed by atoms with Crippen molar-refractivity contribution < 1.29 is 14.4 Å². The number of hydrogen-bond donors (Lipinski definition) is 1. The fourth-order valence-corrected chi connectivity index (χ4v) is 3.66. The lowest BCUT2D eigenvalue weighted by Crippen LogP contribution is -2.32. The van der Waals surface area contributed by atoms with Crippen LogP contribution < -0.4 is 5.32 Å². The van der Waals surface area contributed by atoms with Crippen molar-refractivity contribution in [2.24, 2.45) is 0 Å². The molecule has 6 heteroatoms. The molecule has 0 saturated heterocycles. The predicted molar refractivity (Wildman–Crippen MR) is 104 cm³/mol. The number of amides is 3. The zero-order valence-corrected chi connectivity index (χ0v) is 15.5. The zero-order chi connectivity index (χ0) is 18.7. The van der Waals surface area contributed by atoms with Crippen molar-refractivity contribution in [3.05, 3.63) is 65.2 Å². The number of fused-ring (bicyclic) bond motifs is 1. The Hall–Kier alpha value is -2.60. The Morgan fingerprint density at radius 1 is 1.08 bits per heavy atom. The van der Waals surface area contributed by atoms with E-state index in [1.807, 2.05) is 38.1 Å². The Kier molecular flexibility index (Phi) is 5.42. The molecule has 1 atom stereocenters. The molecule has 0 saturated carbocycles. The number of nitrogens with one attached hydrogen (secondary N) is 1. The topological polar surface area (TPSA) is 66.5 Å². The first-order valence-electron chi connectivity index (χ1n) is 8.41. The van der Waals surface area contributed by atoms with Gasteiger partial charge in [0.1, 0.15) is 0 Å². The van der Waals surface area contributed by atoms with Crippen LogP contribution in [0.4, 0.5) is 5.69 Å². The Morgan fingerprint density at radius 2 is 1.73 bits per heavy atom. The van der Waals surface area contributed by atoms with E-state index in [1.54, 1.807) is 24.3 Å². The maximum absolute atomic E-state index is 12.3. The summed E-state index contributed by atoms with van der Waals surface area (Å²) >= 11 is 1.42. The molecular weight excluding hydrogens is 348 g/mol. The van der Waals surface area contributed by atoms with Gasteiger partial charge in [-0.3, -0.25) is 19.3 Å². The molecule has 0 spiro atoms. The lowest BCUT2D eigenvalue weighted by molar-refractivity contribution is -0.115. The lowest BCUT2D eigenvalue weighted by Gasteiger charge is -2.16. The summed E-state index contributed by atoms with van der Waals surface area (Å²) < 4.78 is 0. The Morgan fingerprint density at radius 3 is 2.35 bits per heavy atom. The van der Waals surface area contributed by atoms with Crippen LogP contribution in [0.2, 0.25) is 0 Å². The number of hydrogen-bond acceptors (Lipinski definition) is 4. The minimum atomic E-state index is -0.286. The second kappa shape index (κ2) is 7.74. The van der Waals surface area contributed by atoms with Crippen molar-refractivity contribution in [3.8, 4) is 0 Å². The predicted octanol–water partition coefficient (Wildman–Crippen LogP) is 3.35. The molecule has 1 unspecified atom stereocenters. The highest BCUT2D eigenvalue weighted by Gasteiger charge is 2.34. The van der Waals surface area contributed by atoms with Gasteiger partial charge in [-0.15, -0.1) is 11.8 Å². The van der Waals surface area contributed by atoms with E-state index in [4.69, 9.17) is 0 Å². The summed E-state index contributed by atoms with van der Waals surface area (Å²) in [4.78, 5) is 38.1. The van der Waals surface area contributed by atoms with Crippen LogP contribution in [0.15, 0.2) is 48.5 Å². The maximum atomic E-state index is 12.3. The molecule has 5 nitrogen and oxygen atoms in total. The molecule has 0 fully saturated rings. The van der Waals surface area contributed by atoms with E-state index in [0.29, 0.717) is 23.4 Å². The van der Waals surface area contributed by atoms with Crippen molar-refractivity contribution in [3.63, 3.8) is 0 Å². The highest BCUT2D eigenvalue weighted by atomic mass is 32.2. The van der Waals surface area contributed by atoms with Gasteiger partial charge in [-0.05, 0) is 43.7 Å². The van der Waals surface area contributed by atoms with Crippen LogP contribution in [0.3, 0.4) is 0 Å². The molecule has 2 aromatic rings.